The largest absolute Gasteiger partial charge is 0.388 e. The van der Waals surface area contributed by atoms with Crippen LogP contribution in [0.2, 0.25) is 0 Å². The molecule has 130 valence electrons. The van der Waals surface area contributed by atoms with E-state index in [1.165, 1.54) is 0 Å². The predicted octanol–water partition coefficient (Wildman–Crippen LogP) is 3.06. The average Bonchev–Trinajstić information content (AvgIpc) is 3.11. The van der Waals surface area contributed by atoms with Crippen molar-refractivity contribution in [2.45, 2.75) is 12.8 Å². The number of benzene rings is 1. The number of hydrogen-bond donors (Lipinski definition) is 1. The molecule has 5 nitrogen and oxygen atoms in total. The summed E-state index contributed by atoms with van der Waals surface area (Å²) in [5, 5.41) is 3.13. The molecule has 1 aliphatic heterocycles. The maximum atomic E-state index is 10.9. The summed E-state index contributed by atoms with van der Waals surface area (Å²) in [7, 11) is 1.87. The number of rotatable bonds is 7. The second-order valence-corrected chi connectivity index (χ2v) is 6.40. The van der Waals surface area contributed by atoms with Crippen molar-refractivity contribution in [1.29, 1.82) is 0 Å². The molecule has 1 N–H and O–H groups in total. The zero-order valence-electron chi connectivity index (χ0n) is 14.6. The van der Waals surface area contributed by atoms with Gasteiger partial charge in [0.1, 0.15) is 12.1 Å². The van der Waals surface area contributed by atoms with E-state index in [1.807, 2.05) is 19.3 Å². The van der Waals surface area contributed by atoms with Gasteiger partial charge in [0, 0.05) is 50.6 Å². The number of aldehydes is 1. The van der Waals surface area contributed by atoms with E-state index in [0.717, 1.165) is 60.5 Å². The zero-order valence-corrected chi connectivity index (χ0v) is 14.6. The van der Waals surface area contributed by atoms with E-state index in [1.54, 1.807) is 0 Å². The molecule has 3 rings (SSSR count). The highest BCUT2D eigenvalue weighted by Gasteiger charge is 2.22. The number of hydrogen-bond acceptors (Lipinski definition) is 5. The van der Waals surface area contributed by atoms with Crippen molar-refractivity contribution in [3.63, 3.8) is 0 Å². The highest BCUT2D eigenvalue weighted by Crippen LogP contribution is 2.27. The summed E-state index contributed by atoms with van der Waals surface area (Å²) in [6.45, 7) is 6.43. The van der Waals surface area contributed by atoms with E-state index in [0.29, 0.717) is 12.3 Å². The van der Waals surface area contributed by atoms with Gasteiger partial charge in [-0.05, 0) is 54.4 Å². The van der Waals surface area contributed by atoms with Gasteiger partial charge < -0.3 is 20.0 Å². The lowest BCUT2D eigenvalue weighted by Gasteiger charge is -2.17. The quantitative estimate of drug-likeness (QED) is 0.624. The molecule has 2 aromatic rings. The van der Waals surface area contributed by atoms with Gasteiger partial charge >= 0.3 is 0 Å². The van der Waals surface area contributed by atoms with E-state index in [2.05, 4.69) is 51.2 Å². The molecule has 0 aliphatic carbocycles. The third kappa shape index (κ3) is 3.87. The summed E-state index contributed by atoms with van der Waals surface area (Å²) in [6, 6.07) is 10.3. The van der Waals surface area contributed by atoms with Crippen molar-refractivity contribution < 1.29 is 4.79 Å². The fraction of sp³-hybridized carbons (Fsp3) is 0.350. The number of nitrogens with zero attached hydrogens (tertiary/aromatic N) is 3. The number of pyridine rings is 1. The van der Waals surface area contributed by atoms with E-state index in [4.69, 9.17) is 0 Å². The molecule has 5 heteroatoms. The van der Waals surface area contributed by atoms with Gasteiger partial charge in [-0.2, -0.15) is 0 Å². The fourth-order valence-electron chi connectivity index (χ4n) is 3.39. The van der Waals surface area contributed by atoms with Crippen LogP contribution in [0.15, 0.2) is 41.5 Å². The van der Waals surface area contributed by atoms with Gasteiger partial charge in [-0.25, -0.2) is 4.98 Å². The first kappa shape index (κ1) is 17.1. The van der Waals surface area contributed by atoms with Gasteiger partial charge in [0.15, 0.2) is 0 Å². The maximum Gasteiger partial charge on any atom is 0.128 e. The lowest BCUT2D eigenvalue weighted by molar-refractivity contribution is -0.107. The summed E-state index contributed by atoms with van der Waals surface area (Å²) in [6.07, 6.45) is 4.39. The summed E-state index contributed by atoms with van der Waals surface area (Å²) in [5.74, 6) is 1.59. The summed E-state index contributed by atoms with van der Waals surface area (Å²) < 4.78 is 0. The Morgan fingerprint density at radius 1 is 1.36 bits per heavy atom. The van der Waals surface area contributed by atoms with E-state index in [9.17, 15) is 4.79 Å². The Labute approximate surface area is 148 Å². The van der Waals surface area contributed by atoms with Crippen LogP contribution in [0.1, 0.15) is 12.0 Å². The van der Waals surface area contributed by atoms with Crippen LogP contribution in [0.3, 0.4) is 0 Å². The minimum absolute atomic E-state index is 0.405. The normalized spacial score (nSPS) is 16.7. The summed E-state index contributed by atoms with van der Waals surface area (Å²) in [5.41, 5.74) is 4.12. The van der Waals surface area contributed by atoms with Gasteiger partial charge in [-0.1, -0.05) is 6.07 Å². The molecule has 2 heterocycles. The Balaban J connectivity index is 1.77. The van der Waals surface area contributed by atoms with Crippen molar-refractivity contribution in [1.82, 2.24) is 4.98 Å². The summed E-state index contributed by atoms with van der Waals surface area (Å²) >= 11 is 0. The van der Waals surface area contributed by atoms with Crippen LogP contribution in [-0.4, -0.2) is 44.7 Å². The molecular formula is C20H24N4O. The Bertz CT molecular complexity index is 742. The molecule has 0 spiro atoms. The molecular weight excluding hydrogens is 312 g/mol. The molecule has 1 aromatic heterocycles. The lowest BCUT2D eigenvalue weighted by Crippen LogP contribution is -2.21. The summed E-state index contributed by atoms with van der Waals surface area (Å²) in [4.78, 5) is 21.9. The van der Waals surface area contributed by atoms with Crippen LogP contribution in [-0.2, 0) is 11.2 Å². The van der Waals surface area contributed by atoms with Crippen LogP contribution in [0.5, 0.6) is 0 Å². The maximum absolute atomic E-state index is 10.9. The van der Waals surface area contributed by atoms with Crippen LogP contribution in [0, 0.1) is 5.92 Å². The minimum atomic E-state index is 0.405. The number of carbonyl (C=O) groups is 1. The van der Waals surface area contributed by atoms with E-state index >= 15 is 0 Å². The zero-order chi connectivity index (χ0) is 17.6. The van der Waals surface area contributed by atoms with E-state index in [-0.39, 0.29) is 0 Å². The first-order valence-electron chi connectivity index (χ1n) is 8.63. The van der Waals surface area contributed by atoms with Crippen LogP contribution >= 0.6 is 0 Å². The van der Waals surface area contributed by atoms with Gasteiger partial charge in [0.25, 0.3) is 0 Å². The number of aliphatic imine (C=N–C) groups is 1. The Kier molecular flexibility index (Phi) is 5.43. The van der Waals surface area contributed by atoms with Crippen molar-refractivity contribution in [3.8, 4) is 11.1 Å². The highest BCUT2D eigenvalue weighted by atomic mass is 16.1. The van der Waals surface area contributed by atoms with Crippen LogP contribution in [0.4, 0.5) is 11.5 Å². The van der Waals surface area contributed by atoms with E-state index < -0.39 is 0 Å². The predicted molar refractivity (Wildman–Crippen MR) is 104 cm³/mol. The first-order chi connectivity index (χ1) is 12.2. The standard InChI is InChI=1S/C20H24N4O/c1-21-12-15-7-9-24(14-15)20-6-4-18(13-23-20)16-3-5-19(22-2)17(11-16)8-10-25/h3-6,10-11,13,15,22H,1,7-9,12,14H2,2H3. The second kappa shape index (κ2) is 7.92. The molecule has 1 aromatic carbocycles. The number of aromatic nitrogens is 1. The molecule has 0 amide bonds. The molecule has 1 aliphatic rings. The van der Waals surface area contributed by atoms with Gasteiger partial charge in [-0.3, -0.25) is 0 Å². The Morgan fingerprint density at radius 3 is 2.88 bits per heavy atom. The molecule has 0 bridgehead atoms. The van der Waals surface area contributed by atoms with Gasteiger partial charge in [-0.15, -0.1) is 0 Å². The highest BCUT2D eigenvalue weighted by molar-refractivity contribution is 5.71. The second-order valence-electron chi connectivity index (χ2n) is 6.40. The third-order valence-corrected chi connectivity index (χ3v) is 4.76. The van der Waals surface area contributed by atoms with Crippen molar-refractivity contribution >= 4 is 24.5 Å². The minimum Gasteiger partial charge on any atom is -0.388 e. The van der Waals surface area contributed by atoms with Crippen molar-refractivity contribution in [3.05, 3.63) is 42.1 Å². The fourth-order valence-corrected chi connectivity index (χ4v) is 3.39. The molecule has 1 unspecified atom stereocenters. The average molecular weight is 336 g/mol. The molecule has 0 saturated carbocycles. The third-order valence-electron chi connectivity index (χ3n) is 4.76. The van der Waals surface area contributed by atoms with Crippen molar-refractivity contribution in [2.75, 3.05) is 36.9 Å². The topological polar surface area (TPSA) is 57.6 Å². The Morgan fingerprint density at radius 2 is 2.20 bits per heavy atom. The van der Waals surface area contributed by atoms with Gasteiger partial charge in [0.2, 0.25) is 0 Å². The number of carbonyl (C=O) groups excluding carboxylic acids is 1. The van der Waals surface area contributed by atoms with Crippen LogP contribution < -0.4 is 10.2 Å². The molecule has 1 saturated heterocycles. The molecule has 0 radical (unpaired) electrons. The monoisotopic (exact) mass is 336 g/mol. The van der Waals surface area contributed by atoms with Gasteiger partial charge in [0.05, 0.1) is 0 Å². The SMILES string of the molecule is C=NCC1CCN(c2ccc(-c3ccc(NC)c(CC=O)c3)cn2)C1. The van der Waals surface area contributed by atoms with Crippen molar-refractivity contribution in [2.24, 2.45) is 10.9 Å². The smallest absolute Gasteiger partial charge is 0.128 e. The number of nitrogens with one attached hydrogen (secondary N) is 1. The molecule has 25 heavy (non-hydrogen) atoms. The van der Waals surface area contributed by atoms with Crippen LogP contribution in [0.25, 0.3) is 11.1 Å². The molecule has 1 fully saturated rings. The first-order valence-corrected chi connectivity index (χ1v) is 8.63. The molecule has 1 atom stereocenters. The Hall–Kier alpha value is -2.69. The lowest BCUT2D eigenvalue weighted by atomic mass is 10.0. The number of anilines is 2.